The van der Waals surface area contributed by atoms with E-state index in [-0.39, 0.29) is 5.91 Å². The van der Waals surface area contributed by atoms with E-state index in [4.69, 9.17) is 0 Å². The standard InChI is InChI=1S/C15H18N4OS2/c1-10-16-9-12(21-10)6-7-13(20)17-15-19-18-14(22-15)8-11-4-2-3-5-11/h6-7,9,11H,2-5,8H2,1H3,(H,17,19,20). The van der Waals surface area contributed by atoms with Crippen LogP contribution in [0.3, 0.4) is 0 Å². The molecule has 1 fully saturated rings. The van der Waals surface area contributed by atoms with E-state index in [9.17, 15) is 4.79 Å². The van der Waals surface area contributed by atoms with Crippen LogP contribution >= 0.6 is 22.7 Å². The van der Waals surface area contributed by atoms with E-state index < -0.39 is 0 Å². The summed E-state index contributed by atoms with van der Waals surface area (Å²) >= 11 is 3.03. The summed E-state index contributed by atoms with van der Waals surface area (Å²) in [4.78, 5) is 17.0. The molecule has 22 heavy (non-hydrogen) atoms. The van der Waals surface area contributed by atoms with Crippen LogP contribution < -0.4 is 5.32 Å². The molecule has 0 atom stereocenters. The minimum absolute atomic E-state index is 0.186. The number of amides is 1. The third-order valence-electron chi connectivity index (χ3n) is 3.67. The number of carbonyl (C=O) groups is 1. The van der Waals surface area contributed by atoms with Crippen molar-refractivity contribution in [2.24, 2.45) is 5.92 Å². The molecule has 2 heterocycles. The third-order valence-corrected chi connectivity index (χ3v) is 5.41. The van der Waals surface area contributed by atoms with Crippen LogP contribution in [-0.2, 0) is 11.2 Å². The van der Waals surface area contributed by atoms with E-state index in [0.717, 1.165) is 27.2 Å². The van der Waals surface area contributed by atoms with E-state index in [2.05, 4.69) is 20.5 Å². The van der Waals surface area contributed by atoms with E-state index in [1.165, 1.54) is 43.1 Å². The molecular weight excluding hydrogens is 316 g/mol. The minimum Gasteiger partial charge on any atom is -0.297 e. The fourth-order valence-electron chi connectivity index (χ4n) is 2.61. The molecule has 1 N–H and O–H groups in total. The number of carbonyl (C=O) groups excluding carboxylic acids is 1. The van der Waals surface area contributed by atoms with Crippen LogP contribution in [0.15, 0.2) is 12.3 Å². The lowest BCUT2D eigenvalue weighted by molar-refractivity contribution is -0.111. The van der Waals surface area contributed by atoms with Gasteiger partial charge in [0.2, 0.25) is 11.0 Å². The first kappa shape index (κ1) is 15.3. The number of nitrogens with one attached hydrogen (secondary N) is 1. The Balaban J connectivity index is 1.53. The Hall–Kier alpha value is -1.60. The van der Waals surface area contributed by atoms with Crippen LogP contribution in [0.5, 0.6) is 0 Å². The van der Waals surface area contributed by atoms with E-state index in [0.29, 0.717) is 5.13 Å². The normalized spacial score (nSPS) is 15.7. The summed E-state index contributed by atoms with van der Waals surface area (Å²) in [5.41, 5.74) is 0. The highest BCUT2D eigenvalue weighted by atomic mass is 32.1. The van der Waals surface area contributed by atoms with Gasteiger partial charge in [0.1, 0.15) is 5.01 Å². The zero-order valence-electron chi connectivity index (χ0n) is 12.4. The van der Waals surface area contributed by atoms with Crippen molar-refractivity contribution in [1.82, 2.24) is 15.2 Å². The topological polar surface area (TPSA) is 67.8 Å². The summed E-state index contributed by atoms with van der Waals surface area (Å²) in [5.74, 6) is 0.556. The molecule has 1 aliphatic carbocycles. The smallest absolute Gasteiger partial charge is 0.250 e. The number of nitrogens with zero attached hydrogens (tertiary/aromatic N) is 3. The summed E-state index contributed by atoms with van der Waals surface area (Å²) in [5, 5.41) is 13.6. The Kier molecular flexibility index (Phi) is 4.94. The molecule has 0 bridgehead atoms. The molecule has 7 heteroatoms. The van der Waals surface area contributed by atoms with Crippen LogP contribution in [0.4, 0.5) is 5.13 Å². The number of hydrogen-bond donors (Lipinski definition) is 1. The highest BCUT2D eigenvalue weighted by molar-refractivity contribution is 7.15. The van der Waals surface area contributed by atoms with Crippen molar-refractivity contribution in [3.05, 3.63) is 27.2 Å². The fourth-order valence-corrected chi connectivity index (χ4v) is 4.15. The number of thiazole rings is 1. The molecule has 2 aromatic rings. The van der Waals surface area contributed by atoms with Crippen LogP contribution in [-0.4, -0.2) is 21.1 Å². The number of aryl methyl sites for hydroxylation is 1. The van der Waals surface area contributed by atoms with Crippen LogP contribution in [0.25, 0.3) is 6.08 Å². The van der Waals surface area contributed by atoms with Gasteiger partial charge < -0.3 is 0 Å². The summed E-state index contributed by atoms with van der Waals surface area (Å²) in [6.45, 7) is 1.94. The van der Waals surface area contributed by atoms with Crippen molar-refractivity contribution >= 4 is 39.8 Å². The third kappa shape index (κ3) is 4.20. The van der Waals surface area contributed by atoms with Crippen molar-refractivity contribution in [3.8, 4) is 0 Å². The molecule has 1 saturated carbocycles. The Morgan fingerprint density at radius 1 is 1.36 bits per heavy atom. The summed E-state index contributed by atoms with van der Waals surface area (Å²) < 4.78 is 0. The number of anilines is 1. The van der Waals surface area contributed by atoms with Crippen molar-refractivity contribution < 1.29 is 4.79 Å². The van der Waals surface area contributed by atoms with Crippen molar-refractivity contribution in [2.75, 3.05) is 5.32 Å². The maximum atomic E-state index is 11.9. The lowest BCUT2D eigenvalue weighted by Gasteiger charge is -2.03. The van der Waals surface area contributed by atoms with Gasteiger partial charge in [-0.25, -0.2) is 4.98 Å². The molecule has 0 aliphatic heterocycles. The average Bonchev–Trinajstić information content (AvgIpc) is 3.21. The minimum atomic E-state index is -0.186. The second-order valence-electron chi connectivity index (χ2n) is 5.46. The van der Waals surface area contributed by atoms with Crippen LogP contribution in [0.2, 0.25) is 0 Å². The Bertz CT molecular complexity index is 671. The molecule has 2 aromatic heterocycles. The first-order chi connectivity index (χ1) is 10.7. The van der Waals surface area contributed by atoms with Gasteiger partial charge in [-0.3, -0.25) is 10.1 Å². The van der Waals surface area contributed by atoms with Gasteiger partial charge in [-0.05, 0) is 18.9 Å². The molecule has 0 radical (unpaired) electrons. The van der Waals surface area contributed by atoms with Gasteiger partial charge in [0.05, 0.1) is 5.01 Å². The summed E-state index contributed by atoms with van der Waals surface area (Å²) in [6, 6.07) is 0. The van der Waals surface area contributed by atoms with Gasteiger partial charge in [0.15, 0.2) is 0 Å². The van der Waals surface area contributed by atoms with Crippen molar-refractivity contribution in [1.29, 1.82) is 0 Å². The second kappa shape index (κ2) is 7.11. The zero-order chi connectivity index (χ0) is 15.4. The highest BCUT2D eigenvalue weighted by Gasteiger charge is 2.17. The predicted octanol–water partition coefficient (Wildman–Crippen LogP) is 3.69. The predicted molar refractivity (Wildman–Crippen MR) is 90.1 cm³/mol. The molecule has 0 unspecified atom stereocenters. The molecule has 0 aromatic carbocycles. The molecule has 116 valence electrons. The van der Waals surface area contributed by atoms with Gasteiger partial charge in [-0.2, -0.15) is 0 Å². The molecule has 3 rings (SSSR count). The summed E-state index contributed by atoms with van der Waals surface area (Å²) in [7, 11) is 0. The number of aromatic nitrogens is 3. The molecular formula is C15H18N4OS2. The van der Waals surface area contributed by atoms with Gasteiger partial charge in [-0.1, -0.05) is 37.0 Å². The average molecular weight is 334 g/mol. The quantitative estimate of drug-likeness (QED) is 0.847. The maximum Gasteiger partial charge on any atom is 0.250 e. The van der Waals surface area contributed by atoms with E-state index in [1.54, 1.807) is 23.6 Å². The zero-order valence-corrected chi connectivity index (χ0v) is 14.0. The van der Waals surface area contributed by atoms with E-state index in [1.807, 2.05) is 6.92 Å². The molecule has 0 spiro atoms. The molecule has 1 aliphatic rings. The van der Waals surface area contributed by atoms with Crippen LogP contribution in [0, 0.1) is 12.8 Å². The first-order valence-corrected chi connectivity index (χ1v) is 9.06. The van der Waals surface area contributed by atoms with Gasteiger partial charge in [0, 0.05) is 23.6 Å². The molecule has 0 saturated heterocycles. The largest absolute Gasteiger partial charge is 0.297 e. The SMILES string of the molecule is Cc1ncc(C=CC(=O)Nc2nnc(CC3CCCC3)s2)s1. The lowest BCUT2D eigenvalue weighted by atomic mass is 10.1. The Morgan fingerprint density at radius 2 is 2.18 bits per heavy atom. The number of hydrogen-bond acceptors (Lipinski definition) is 6. The van der Waals surface area contributed by atoms with Crippen LogP contribution in [0.1, 0.15) is 40.6 Å². The first-order valence-electron chi connectivity index (χ1n) is 7.43. The molecule has 1 amide bonds. The van der Waals surface area contributed by atoms with Gasteiger partial charge in [-0.15, -0.1) is 21.5 Å². The van der Waals surface area contributed by atoms with Crippen molar-refractivity contribution in [2.45, 2.75) is 39.0 Å². The Morgan fingerprint density at radius 3 is 2.91 bits per heavy atom. The lowest BCUT2D eigenvalue weighted by Crippen LogP contribution is -2.07. The summed E-state index contributed by atoms with van der Waals surface area (Å²) in [6.07, 6.45) is 11.3. The fraction of sp³-hybridized carbons (Fsp3) is 0.467. The maximum absolute atomic E-state index is 11.9. The molecule has 5 nitrogen and oxygen atoms in total. The highest BCUT2D eigenvalue weighted by Crippen LogP contribution is 2.29. The van der Waals surface area contributed by atoms with Crippen molar-refractivity contribution in [3.63, 3.8) is 0 Å². The van der Waals surface area contributed by atoms with Gasteiger partial charge >= 0.3 is 0 Å². The monoisotopic (exact) mass is 334 g/mol. The number of rotatable bonds is 5. The Labute approximate surface area is 137 Å². The second-order valence-corrected chi connectivity index (χ2v) is 7.79. The van der Waals surface area contributed by atoms with E-state index >= 15 is 0 Å². The van der Waals surface area contributed by atoms with Gasteiger partial charge in [0.25, 0.3) is 0 Å².